The van der Waals surface area contributed by atoms with E-state index in [1.54, 1.807) is 50.2 Å². The lowest BCUT2D eigenvalue weighted by molar-refractivity contribution is -0.141. The van der Waals surface area contributed by atoms with Gasteiger partial charge in [0.1, 0.15) is 55.4 Å². The molecule has 6 rings (SSSR count). The molecule has 2 aliphatic rings. The Hall–Kier alpha value is -7.20. The van der Waals surface area contributed by atoms with Crippen LogP contribution in [0.2, 0.25) is 0 Å². The number of fused-ring (bicyclic) bond motifs is 5. The zero-order valence-electron chi connectivity index (χ0n) is 39.0. The molecule has 18 nitrogen and oxygen atoms in total. The first-order valence-electron chi connectivity index (χ1n) is 22.9. The third-order valence-electron chi connectivity index (χ3n) is 11.9. The van der Waals surface area contributed by atoms with Gasteiger partial charge < -0.3 is 52.8 Å². The lowest BCUT2D eigenvalue weighted by atomic mass is 9.93. The quantitative estimate of drug-likeness (QED) is 0.0798. The summed E-state index contributed by atoms with van der Waals surface area (Å²) in [4.78, 5) is 81.2. The number of nitrogens with two attached hydrogens (primary N) is 3. The molecule has 5 amide bonds. The van der Waals surface area contributed by atoms with Gasteiger partial charge in [0, 0.05) is 43.2 Å². The monoisotopic (exact) mass is 927 g/mol. The number of nitrogens with one attached hydrogen (secondary N) is 4. The van der Waals surface area contributed by atoms with Crippen LogP contribution in [-0.2, 0) is 25.6 Å². The number of likely N-dealkylation sites (N-methyl/N-ethyl adjacent to an activating group) is 1. The number of benzene rings is 3. The molecule has 0 radical (unpaired) electrons. The molecule has 1 fully saturated rings. The first-order valence-corrected chi connectivity index (χ1v) is 22.9. The molecule has 1 aliphatic carbocycles. The SMILES string of the molecule is Cc1nc(-c2ccc(C=C3CCCC3)cc2)nc(C)c1C(=O)NC(CCN)C(=O)N(C)C1C(=O)NC(C)C(=O)NC(C(=O)NCC#N)Cc2ccc(OCCN)c(c2)-c2cc1ccc2OCCN. The number of allylic oxidation sites excluding steroid dienone is 1. The molecule has 358 valence electrons. The van der Waals surface area contributed by atoms with Gasteiger partial charge in [-0.05, 0) is 100 Å². The van der Waals surface area contributed by atoms with E-state index in [4.69, 9.17) is 26.7 Å². The van der Waals surface area contributed by atoms with Gasteiger partial charge in [-0.25, -0.2) is 9.97 Å². The van der Waals surface area contributed by atoms with Gasteiger partial charge in [0.25, 0.3) is 5.91 Å². The number of hydrogen-bond acceptors (Lipinski definition) is 13. The topological polar surface area (TPSA) is 283 Å². The molecular formula is C50H61N11O7. The van der Waals surface area contributed by atoms with Crippen molar-refractivity contribution in [1.29, 1.82) is 5.26 Å². The standard InChI is InChI=1S/C50H61N11O7/c1-29-43(30(2)57-45(56-29)35-12-9-33(10-13-35)25-32-7-5-6-8-32)48(64)59-39(17-18-51)50(66)61(4)44-36-14-16-42(68-24-21-54)38(28-36)37-26-34(11-15-41(37)67-23-20-53)27-40(47(63)55-22-19-52)60-46(62)31(3)58-49(44)65/h9-16,25-26,28,31,39-40,44H,5-8,17-18,20-24,27,51,53-54H2,1-4H3,(H,55,63)(H,58,65)(H,59,64)(H,60,62). The van der Waals surface area contributed by atoms with E-state index in [-0.39, 0.29) is 57.8 Å². The van der Waals surface area contributed by atoms with Crippen molar-refractivity contribution in [3.05, 3.63) is 99.9 Å². The van der Waals surface area contributed by atoms with Gasteiger partial charge >= 0.3 is 0 Å². The maximum atomic E-state index is 14.8. The Kier molecular flexibility index (Phi) is 17.4. The molecule has 68 heavy (non-hydrogen) atoms. The Balaban J connectivity index is 1.36. The van der Waals surface area contributed by atoms with Crippen LogP contribution in [0.4, 0.5) is 0 Å². The second-order valence-electron chi connectivity index (χ2n) is 16.9. The highest BCUT2D eigenvalue weighted by molar-refractivity contribution is 6.00. The molecule has 1 aromatic heterocycles. The summed E-state index contributed by atoms with van der Waals surface area (Å²) in [6, 6.07) is 15.0. The molecule has 0 saturated heterocycles. The van der Waals surface area contributed by atoms with E-state index in [1.165, 1.54) is 37.3 Å². The van der Waals surface area contributed by atoms with E-state index < -0.39 is 53.7 Å². The highest BCUT2D eigenvalue weighted by atomic mass is 16.5. The molecule has 3 aromatic carbocycles. The molecule has 10 N–H and O–H groups in total. The van der Waals surface area contributed by atoms with Crippen LogP contribution in [0, 0.1) is 25.2 Å². The summed E-state index contributed by atoms with van der Waals surface area (Å²) in [6.07, 6.45) is 6.91. The van der Waals surface area contributed by atoms with Crippen LogP contribution in [-0.4, -0.2) is 109 Å². The molecule has 4 aromatic rings. The highest BCUT2D eigenvalue weighted by Gasteiger charge is 2.36. The Morgan fingerprint density at radius 1 is 0.882 bits per heavy atom. The smallest absolute Gasteiger partial charge is 0.255 e. The maximum absolute atomic E-state index is 14.8. The summed E-state index contributed by atoms with van der Waals surface area (Å²) in [6.45, 7) is 5.22. The number of rotatable bonds is 16. The summed E-state index contributed by atoms with van der Waals surface area (Å²) in [5, 5.41) is 20.0. The molecule has 1 aliphatic heterocycles. The Morgan fingerprint density at radius 3 is 2.13 bits per heavy atom. The molecule has 1 saturated carbocycles. The Bertz CT molecular complexity index is 2540. The van der Waals surface area contributed by atoms with Crippen molar-refractivity contribution in [2.45, 2.75) is 83.5 Å². The first kappa shape index (κ1) is 50.2. The third-order valence-corrected chi connectivity index (χ3v) is 11.9. The number of ether oxygens (including phenoxy) is 2. The molecule has 18 heteroatoms. The second-order valence-corrected chi connectivity index (χ2v) is 16.9. The summed E-state index contributed by atoms with van der Waals surface area (Å²) in [7, 11) is 1.42. The van der Waals surface area contributed by atoms with Crippen molar-refractivity contribution in [2.24, 2.45) is 17.2 Å². The lowest BCUT2D eigenvalue weighted by Gasteiger charge is -2.32. The van der Waals surface area contributed by atoms with Crippen molar-refractivity contribution in [1.82, 2.24) is 36.1 Å². The number of nitrogens with zero attached hydrogens (tertiary/aromatic N) is 4. The van der Waals surface area contributed by atoms with Gasteiger partial charge in [0.05, 0.1) is 23.0 Å². The summed E-state index contributed by atoms with van der Waals surface area (Å²) >= 11 is 0. The largest absolute Gasteiger partial charge is 0.492 e. The Morgan fingerprint density at radius 2 is 1.51 bits per heavy atom. The van der Waals surface area contributed by atoms with Gasteiger partial charge in [-0.15, -0.1) is 0 Å². The zero-order chi connectivity index (χ0) is 48.9. The first-order chi connectivity index (χ1) is 32.8. The number of nitriles is 1. The van der Waals surface area contributed by atoms with Crippen molar-refractivity contribution >= 4 is 35.6 Å². The number of amides is 5. The summed E-state index contributed by atoms with van der Waals surface area (Å²) in [5.41, 5.74) is 24.0. The Labute approximate surface area is 396 Å². The second kappa shape index (κ2) is 23.5. The van der Waals surface area contributed by atoms with E-state index in [1.807, 2.05) is 30.3 Å². The van der Waals surface area contributed by atoms with Gasteiger partial charge in [-0.2, -0.15) is 5.26 Å². The lowest BCUT2D eigenvalue weighted by Crippen LogP contribution is -2.56. The minimum atomic E-state index is -1.40. The molecule has 2 heterocycles. The van der Waals surface area contributed by atoms with Crippen LogP contribution >= 0.6 is 0 Å². The van der Waals surface area contributed by atoms with E-state index in [0.29, 0.717) is 51.0 Å². The van der Waals surface area contributed by atoms with Crippen LogP contribution < -0.4 is 47.9 Å². The molecular weight excluding hydrogens is 867 g/mol. The van der Waals surface area contributed by atoms with E-state index >= 15 is 0 Å². The van der Waals surface area contributed by atoms with E-state index in [2.05, 4.69) is 37.3 Å². The van der Waals surface area contributed by atoms with Crippen LogP contribution in [0.25, 0.3) is 28.6 Å². The number of aryl methyl sites for hydroxylation is 2. The summed E-state index contributed by atoms with van der Waals surface area (Å²) in [5.74, 6) is -2.10. The molecule has 4 unspecified atom stereocenters. The highest BCUT2D eigenvalue weighted by Crippen LogP contribution is 2.40. The molecule has 0 spiro atoms. The van der Waals surface area contributed by atoms with Crippen LogP contribution in [0.3, 0.4) is 0 Å². The number of aromatic nitrogens is 2. The van der Waals surface area contributed by atoms with Gasteiger partial charge in [0.2, 0.25) is 23.6 Å². The number of carbonyl (C=O) groups is 5. The van der Waals surface area contributed by atoms with Crippen molar-refractivity contribution in [3.63, 3.8) is 0 Å². The normalized spacial score (nSPS) is 17.4. The van der Waals surface area contributed by atoms with Gasteiger partial charge in [0.15, 0.2) is 5.82 Å². The average molecular weight is 928 g/mol. The van der Waals surface area contributed by atoms with Crippen LogP contribution in [0.1, 0.15) is 83.5 Å². The number of hydrogen-bond donors (Lipinski definition) is 7. The van der Waals surface area contributed by atoms with E-state index in [9.17, 15) is 29.2 Å². The minimum Gasteiger partial charge on any atom is -0.492 e. The molecule has 4 atom stereocenters. The zero-order valence-corrected chi connectivity index (χ0v) is 39.0. The average Bonchev–Trinajstić information content (AvgIpc) is 3.84. The maximum Gasteiger partial charge on any atom is 0.255 e. The predicted molar refractivity (Wildman–Crippen MR) is 257 cm³/mol. The minimum absolute atomic E-state index is 0.00102. The van der Waals surface area contributed by atoms with Gasteiger partial charge in [-0.1, -0.05) is 48.0 Å². The van der Waals surface area contributed by atoms with Crippen molar-refractivity contribution in [3.8, 4) is 40.1 Å². The number of carbonyl (C=O) groups excluding carboxylic acids is 5. The fourth-order valence-electron chi connectivity index (χ4n) is 8.47. The predicted octanol–water partition coefficient (Wildman–Crippen LogP) is 2.89. The van der Waals surface area contributed by atoms with Crippen LogP contribution in [0.15, 0.2) is 66.2 Å². The van der Waals surface area contributed by atoms with Crippen molar-refractivity contribution in [2.75, 3.05) is 46.4 Å². The fraction of sp³-hybridized carbons (Fsp3) is 0.400. The third kappa shape index (κ3) is 12.2. The molecule has 4 bridgehead atoms. The van der Waals surface area contributed by atoms with Crippen LogP contribution in [0.5, 0.6) is 11.5 Å². The van der Waals surface area contributed by atoms with Gasteiger partial charge in [-0.3, -0.25) is 24.0 Å². The summed E-state index contributed by atoms with van der Waals surface area (Å²) < 4.78 is 12.2. The fourth-order valence-corrected chi connectivity index (χ4v) is 8.47. The van der Waals surface area contributed by atoms with Crippen molar-refractivity contribution < 1.29 is 33.4 Å². The van der Waals surface area contributed by atoms with E-state index in [0.717, 1.165) is 24.0 Å².